The first-order valence-electron chi connectivity index (χ1n) is 10.1. The van der Waals surface area contributed by atoms with Crippen molar-refractivity contribution in [3.8, 4) is 6.07 Å². The summed E-state index contributed by atoms with van der Waals surface area (Å²) in [6.45, 7) is 5.26. The Morgan fingerprint density at radius 2 is 2.25 bits per heavy atom. The number of ether oxygens (including phenoxy) is 1. The number of aliphatic hydroxyl groups is 1. The van der Waals surface area contributed by atoms with Crippen molar-refractivity contribution in [2.75, 3.05) is 6.54 Å². The number of fused-ring (bicyclic) bond motifs is 3. The third-order valence-electron chi connectivity index (χ3n) is 5.90. The molecule has 1 aromatic heterocycles. The maximum Gasteiger partial charge on any atom is 0.306 e. The molecule has 1 aliphatic carbocycles. The van der Waals surface area contributed by atoms with Crippen LogP contribution < -0.4 is 5.32 Å². The molecule has 1 aromatic carbocycles. The zero-order chi connectivity index (χ0) is 19.8. The molecule has 2 aliphatic rings. The average Bonchev–Trinajstić information content (AvgIpc) is 3.30. The first kappa shape index (κ1) is 19.0. The molecule has 1 fully saturated rings. The number of aliphatic hydroxyl groups excluding tert-OH is 1. The Morgan fingerprint density at radius 3 is 2.93 bits per heavy atom. The van der Waals surface area contributed by atoms with Crippen molar-refractivity contribution in [2.45, 2.75) is 64.3 Å². The van der Waals surface area contributed by atoms with Gasteiger partial charge in [-0.1, -0.05) is 0 Å². The molecule has 1 saturated heterocycles. The van der Waals surface area contributed by atoms with E-state index in [-0.39, 0.29) is 30.1 Å². The fourth-order valence-electron chi connectivity index (χ4n) is 4.68. The van der Waals surface area contributed by atoms with Crippen LogP contribution in [0.3, 0.4) is 0 Å². The molecule has 2 aromatic rings. The molecule has 2 heterocycles. The number of nitrogens with zero attached hydrogens (tertiary/aromatic N) is 2. The quantitative estimate of drug-likeness (QED) is 0.776. The van der Waals surface area contributed by atoms with Gasteiger partial charge in [-0.25, -0.2) is 0 Å². The molecule has 0 amide bonds. The highest BCUT2D eigenvalue weighted by molar-refractivity contribution is 5.87. The highest BCUT2D eigenvalue weighted by Crippen LogP contribution is 2.38. The highest BCUT2D eigenvalue weighted by Gasteiger charge is 2.33. The number of hydrogen-bond donors (Lipinski definition) is 2. The molecule has 148 valence electrons. The van der Waals surface area contributed by atoms with Gasteiger partial charge in [-0.3, -0.25) is 4.79 Å². The lowest BCUT2D eigenvalue weighted by Crippen LogP contribution is -2.35. The fourth-order valence-corrected chi connectivity index (χ4v) is 4.68. The van der Waals surface area contributed by atoms with Crippen molar-refractivity contribution in [1.82, 2.24) is 9.88 Å². The molecule has 6 heteroatoms. The number of hydrogen-bond acceptors (Lipinski definition) is 5. The third kappa shape index (κ3) is 3.52. The van der Waals surface area contributed by atoms with Gasteiger partial charge in [0.15, 0.2) is 0 Å². The number of nitrogens with one attached hydrogen (secondary N) is 1. The fraction of sp³-hybridized carbons (Fsp3) is 0.545. The third-order valence-corrected chi connectivity index (χ3v) is 5.90. The Morgan fingerprint density at radius 1 is 1.43 bits per heavy atom. The lowest BCUT2D eigenvalue weighted by atomic mass is 10.0. The van der Waals surface area contributed by atoms with Gasteiger partial charge in [-0.05, 0) is 69.3 Å². The summed E-state index contributed by atoms with van der Waals surface area (Å²) in [4.78, 5) is 12.1. The summed E-state index contributed by atoms with van der Waals surface area (Å²) in [5, 5.41) is 24.1. The van der Waals surface area contributed by atoms with E-state index < -0.39 is 0 Å². The number of esters is 1. The smallest absolute Gasteiger partial charge is 0.306 e. The topological polar surface area (TPSA) is 87.3 Å². The van der Waals surface area contributed by atoms with Crippen LogP contribution in [0.4, 0.5) is 0 Å². The SMILES string of the molecule is CC(C)OC(=O)C[C@H]1Cc2c(n(C[C@H]3NCC[C@@H]3O)c3ccc(C#N)cc23)C1. The van der Waals surface area contributed by atoms with Crippen LogP contribution in [0.25, 0.3) is 10.9 Å². The van der Waals surface area contributed by atoms with Crippen molar-refractivity contribution in [1.29, 1.82) is 5.26 Å². The first-order valence-corrected chi connectivity index (χ1v) is 10.1. The highest BCUT2D eigenvalue weighted by atomic mass is 16.5. The van der Waals surface area contributed by atoms with E-state index in [1.807, 2.05) is 32.0 Å². The van der Waals surface area contributed by atoms with E-state index in [2.05, 4.69) is 16.0 Å². The Bertz CT molecular complexity index is 941. The maximum atomic E-state index is 12.1. The summed E-state index contributed by atoms with van der Waals surface area (Å²) in [7, 11) is 0. The van der Waals surface area contributed by atoms with Gasteiger partial charge < -0.3 is 19.7 Å². The second-order valence-corrected chi connectivity index (χ2v) is 8.31. The van der Waals surface area contributed by atoms with Crippen molar-refractivity contribution >= 4 is 16.9 Å². The second-order valence-electron chi connectivity index (χ2n) is 8.31. The van der Waals surface area contributed by atoms with Crippen molar-refractivity contribution in [3.63, 3.8) is 0 Å². The predicted molar refractivity (Wildman–Crippen MR) is 106 cm³/mol. The Hall–Kier alpha value is -2.36. The van der Waals surface area contributed by atoms with Gasteiger partial charge in [0.05, 0.1) is 29.9 Å². The predicted octanol–water partition coefficient (Wildman–Crippen LogP) is 2.29. The van der Waals surface area contributed by atoms with Gasteiger partial charge in [0, 0.05) is 29.6 Å². The molecule has 0 bridgehead atoms. The van der Waals surface area contributed by atoms with Gasteiger partial charge in [0.25, 0.3) is 0 Å². The lowest BCUT2D eigenvalue weighted by molar-refractivity contribution is -0.148. The molecule has 0 saturated carbocycles. The zero-order valence-corrected chi connectivity index (χ0v) is 16.4. The van der Waals surface area contributed by atoms with Crippen LogP contribution >= 0.6 is 0 Å². The van der Waals surface area contributed by atoms with E-state index >= 15 is 0 Å². The Labute approximate surface area is 165 Å². The molecule has 0 radical (unpaired) electrons. The summed E-state index contributed by atoms with van der Waals surface area (Å²) < 4.78 is 7.62. The van der Waals surface area contributed by atoms with E-state index in [1.165, 1.54) is 11.3 Å². The molecule has 6 nitrogen and oxygen atoms in total. The lowest BCUT2D eigenvalue weighted by Gasteiger charge is -2.19. The average molecular weight is 381 g/mol. The van der Waals surface area contributed by atoms with E-state index in [9.17, 15) is 15.2 Å². The summed E-state index contributed by atoms with van der Waals surface area (Å²) in [6, 6.07) is 8.07. The molecule has 28 heavy (non-hydrogen) atoms. The Kier molecular flexibility index (Phi) is 5.13. The standard InChI is InChI=1S/C22H27N3O3/c1-13(2)28-22(27)10-15-8-17-16-7-14(11-23)3-4-19(16)25(20(17)9-15)12-18-21(26)5-6-24-18/h3-4,7,13,15,18,21,24,26H,5-6,8-10,12H2,1-2H3/t15-,18+,21-/m0/s1. The number of carbonyl (C=O) groups is 1. The van der Waals surface area contributed by atoms with E-state index in [1.54, 1.807) is 0 Å². The van der Waals surface area contributed by atoms with Crippen LogP contribution in [0.5, 0.6) is 0 Å². The van der Waals surface area contributed by atoms with Crippen molar-refractivity contribution < 1.29 is 14.6 Å². The maximum absolute atomic E-state index is 12.1. The number of carbonyl (C=O) groups excluding carboxylic acids is 1. The van der Waals surface area contributed by atoms with Gasteiger partial charge in [0.2, 0.25) is 0 Å². The normalized spacial score (nSPS) is 23.9. The van der Waals surface area contributed by atoms with Crippen LogP contribution in [-0.2, 0) is 28.9 Å². The van der Waals surface area contributed by atoms with Crippen LogP contribution in [-0.4, -0.2) is 40.4 Å². The van der Waals surface area contributed by atoms with Crippen LogP contribution in [0.1, 0.15) is 43.5 Å². The van der Waals surface area contributed by atoms with Crippen molar-refractivity contribution in [2.24, 2.45) is 5.92 Å². The summed E-state index contributed by atoms with van der Waals surface area (Å²) in [5.41, 5.74) is 4.22. The summed E-state index contributed by atoms with van der Waals surface area (Å²) >= 11 is 0. The van der Waals surface area contributed by atoms with Crippen LogP contribution in [0, 0.1) is 17.2 Å². The van der Waals surface area contributed by atoms with E-state index in [0.717, 1.165) is 36.7 Å². The minimum Gasteiger partial charge on any atom is -0.463 e. The summed E-state index contributed by atoms with van der Waals surface area (Å²) in [5.74, 6) is 0.0747. The van der Waals surface area contributed by atoms with Gasteiger partial charge in [-0.15, -0.1) is 0 Å². The Balaban J connectivity index is 1.65. The minimum absolute atomic E-state index is 0.0281. The number of aromatic nitrogens is 1. The number of rotatable bonds is 5. The second kappa shape index (κ2) is 7.57. The van der Waals surface area contributed by atoms with Gasteiger partial charge >= 0.3 is 5.97 Å². The zero-order valence-electron chi connectivity index (χ0n) is 16.4. The van der Waals surface area contributed by atoms with Gasteiger partial charge in [-0.2, -0.15) is 5.26 Å². The molecule has 4 rings (SSSR count). The molecular formula is C22H27N3O3. The summed E-state index contributed by atoms with van der Waals surface area (Å²) in [6.07, 6.45) is 2.39. The van der Waals surface area contributed by atoms with E-state index in [0.29, 0.717) is 18.5 Å². The molecule has 0 unspecified atom stereocenters. The molecule has 3 atom stereocenters. The largest absolute Gasteiger partial charge is 0.463 e. The minimum atomic E-state index is -0.343. The first-order chi connectivity index (χ1) is 13.5. The molecule has 1 aliphatic heterocycles. The number of nitriles is 1. The monoisotopic (exact) mass is 381 g/mol. The molecular weight excluding hydrogens is 354 g/mol. The number of benzene rings is 1. The van der Waals surface area contributed by atoms with Crippen molar-refractivity contribution in [3.05, 3.63) is 35.0 Å². The van der Waals surface area contributed by atoms with E-state index in [4.69, 9.17) is 4.74 Å². The molecule has 2 N–H and O–H groups in total. The van der Waals surface area contributed by atoms with Crippen LogP contribution in [0.2, 0.25) is 0 Å². The molecule has 0 spiro atoms. The van der Waals surface area contributed by atoms with Crippen LogP contribution in [0.15, 0.2) is 18.2 Å². The van der Waals surface area contributed by atoms with Gasteiger partial charge in [0.1, 0.15) is 0 Å².